The molecule has 3 N–H and O–H groups in total. The van der Waals surface area contributed by atoms with Crippen molar-refractivity contribution in [2.24, 2.45) is 0 Å². The lowest BCUT2D eigenvalue weighted by Crippen LogP contribution is -2.45. The second-order valence-electron chi connectivity index (χ2n) is 4.20. The van der Waals surface area contributed by atoms with E-state index in [-0.39, 0.29) is 18.3 Å². The van der Waals surface area contributed by atoms with Crippen molar-refractivity contribution in [3.05, 3.63) is 33.8 Å². The summed E-state index contributed by atoms with van der Waals surface area (Å²) in [6.07, 6.45) is -0.342. The lowest BCUT2D eigenvalue weighted by molar-refractivity contribution is 0.0524. The Bertz CT molecular complexity index is 506. The molecule has 1 aromatic carbocycles. The Hall–Kier alpha value is -1.44. The topological polar surface area (TPSA) is 95.9 Å². The molecule has 0 aromatic heterocycles. The van der Waals surface area contributed by atoms with Gasteiger partial charge in [-0.3, -0.25) is 4.79 Å². The molecule has 0 aliphatic carbocycles. The number of carbonyl (C=O) groups excluding carboxylic acids is 1. The number of carboxylic acids is 1. The van der Waals surface area contributed by atoms with Crippen molar-refractivity contribution in [1.29, 1.82) is 0 Å². The molecule has 0 aliphatic rings. The number of halogens is 1. The fourth-order valence-electron chi connectivity index (χ4n) is 1.56. The first-order chi connectivity index (χ1) is 9.40. The van der Waals surface area contributed by atoms with Gasteiger partial charge in [-0.25, -0.2) is 4.79 Å². The number of aliphatic hydroxyl groups is 1. The summed E-state index contributed by atoms with van der Waals surface area (Å²) in [5, 5.41) is 20.7. The summed E-state index contributed by atoms with van der Waals surface area (Å²) in [5.41, 5.74) is 0.370. The van der Waals surface area contributed by atoms with Crippen molar-refractivity contribution < 1.29 is 24.5 Å². The molecule has 0 saturated carbocycles. The van der Waals surface area contributed by atoms with E-state index in [1.807, 2.05) is 0 Å². The number of methoxy groups -OCH3 is 1. The maximum atomic E-state index is 12.0. The molecule has 20 heavy (non-hydrogen) atoms. The van der Waals surface area contributed by atoms with Crippen LogP contribution >= 0.6 is 15.9 Å². The number of ether oxygens (including phenoxy) is 1. The number of aromatic carboxylic acids is 1. The number of hydrogen-bond acceptors (Lipinski definition) is 4. The Morgan fingerprint density at radius 1 is 1.45 bits per heavy atom. The number of carboxylic acid groups (broad SMARTS) is 1. The minimum absolute atomic E-state index is 0.0746. The van der Waals surface area contributed by atoms with Gasteiger partial charge in [0.1, 0.15) is 0 Å². The highest BCUT2D eigenvalue weighted by Crippen LogP contribution is 2.18. The normalized spacial score (nSPS) is 13.6. The summed E-state index contributed by atoms with van der Waals surface area (Å²) in [4.78, 5) is 22.9. The van der Waals surface area contributed by atoms with Crippen molar-refractivity contribution in [1.82, 2.24) is 5.32 Å². The van der Waals surface area contributed by atoms with Crippen LogP contribution in [0.3, 0.4) is 0 Å². The van der Waals surface area contributed by atoms with Crippen molar-refractivity contribution in [2.75, 3.05) is 13.7 Å². The van der Waals surface area contributed by atoms with Gasteiger partial charge in [0, 0.05) is 17.1 Å². The molecule has 0 radical (unpaired) electrons. The maximum absolute atomic E-state index is 12.0. The van der Waals surface area contributed by atoms with Gasteiger partial charge >= 0.3 is 5.97 Å². The van der Waals surface area contributed by atoms with E-state index in [0.717, 1.165) is 0 Å². The zero-order valence-corrected chi connectivity index (χ0v) is 12.7. The molecular weight excluding hydrogens is 330 g/mol. The van der Waals surface area contributed by atoms with Crippen LogP contribution in [-0.4, -0.2) is 48.0 Å². The zero-order valence-electron chi connectivity index (χ0n) is 11.1. The number of aliphatic hydroxyl groups excluding tert-OH is 1. The summed E-state index contributed by atoms with van der Waals surface area (Å²) in [7, 11) is 1.48. The Balaban J connectivity index is 2.87. The molecule has 0 heterocycles. The first-order valence-electron chi connectivity index (χ1n) is 5.88. The number of rotatable bonds is 6. The van der Waals surface area contributed by atoms with Crippen LogP contribution in [0.15, 0.2) is 22.7 Å². The van der Waals surface area contributed by atoms with Gasteiger partial charge in [0.2, 0.25) is 0 Å². The Kier molecular flexibility index (Phi) is 6.12. The van der Waals surface area contributed by atoms with Gasteiger partial charge in [0.05, 0.1) is 24.3 Å². The van der Waals surface area contributed by atoms with Gasteiger partial charge in [0.15, 0.2) is 0 Å². The number of carbonyl (C=O) groups is 2. The molecule has 2 atom stereocenters. The van der Waals surface area contributed by atoms with Gasteiger partial charge < -0.3 is 20.3 Å². The van der Waals surface area contributed by atoms with Crippen LogP contribution in [0.25, 0.3) is 0 Å². The van der Waals surface area contributed by atoms with Crippen molar-refractivity contribution in [3.8, 4) is 0 Å². The Morgan fingerprint density at radius 2 is 2.10 bits per heavy atom. The van der Waals surface area contributed by atoms with Crippen molar-refractivity contribution >= 4 is 27.8 Å². The minimum atomic E-state index is -1.08. The molecule has 1 aromatic rings. The third-order valence-corrected chi connectivity index (χ3v) is 3.57. The molecule has 0 bridgehead atoms. The summed E-state index contributed by atoms with van der Waals surface area (Å²) in [5.74, 6) is -1.49. The number of hydrogen-bond donors (Lipinski definition) is 3. The molecule has 1 rings (SSSR count). The molecule has 0 fully saturated rings. The fraction of sp³-hybridized carbons (Fsp3) is 0.385. The Morgan fingerprint density at radius 3 is 2.55 bits per heavy atom. The van der Waals surface area contributed by atoms with E-state index in [1.54, 1.807) is 6.92 Å². The van der Waals surface area contributed by atoms with E-state index in [2.05, 4.69) is 21.2 Å². The number of benzene rings is 1. The highest BCUT2D eigenvalue weighted by molar-refractivity contribution is 9.10. The lowest BCUT2D eigenvalue weighted by atomic mass is 10.1. The molecule has 0 spiro atoms. The summed E-state index contributed by atoms with van der Waals surface area (Å²) in [6.45, 7) is 1.47. The largest absolute Gasteiger partial charge is 0.478 e. The van der Waals surface area contributed by atoms with Gasteiger partial charge in [-0.2, -0.15) is 0 Å². The molecule has 0 unspecified atom stereocenters. The van der Waals surface area contributed by atoms with E-state index in [4.69, 9.17) is 9.84 Å². The van der Waals surface area contributed by atoms with Crippen LogP contribution in [0.4, 0.5) is 0 Å². The second-order valence-corrected chi connectivity index (χ2v) is 5.06. The predicted molar refractivity (Wildman–Crippen MR) is 75.9 cm³/mol. The van der Waals surface area contributed by atoms with Crippen molar-refractivity contribution in [3.63, 3.8) is 0 Å². The third kappa shape index (κ3) is 4.03. The first-order valence-corrected chi connectivity index (χ1v) is 6.67. The molecular formula is C13H16BrNO5. The van der Waals surface area contributed by atoms with Gasteiger partial charge in [-0.1, -0.05) is 0 Å². The molecule has 0 saturated heterocycles. The van der Waals surface area contributed by atoms with Gasteiger partial charge in [-0.15, -0.1) is 0 Å². The van der Waals surface area contributed by atoms with E-state index < -0.39 is 17.9 Å². The molecule has 110 valence electrons. The molecule has 6 nitrogen and oxygen atoms in total. The Labute approximate surface area is 124 Å². The molecule has 1 amide bonds. The highest BCUT2D eigenvalue weighted by atomic mass is 79.9. The summed E-state index contributed by atoms with van der Waals surface area (Å²) < 4.78 is 5.37. The van der Waals surface area contributed by atoms with Crippen LogP contribution in [-0.2, 0) is 4.74 Å². The fourth-order valence-corrected chi connectivity index (χ4v) is 2.11. The smallest absolute Gasteiger partial charge is 0.336 e. The first kappa shape index (κ1) is 16.6. The quantitative estimate of drug-likeness (QED) is 0.721. The van der Waals surface area contributed by atoms with Gasteiger partial charge in [0.25, 0.3) is 5.91 Å². The van der Waals surface area contributed by atoms with Crippen LogP contribution in [0.1, 0.15) is 27.6 Å². The van der Waals surface area contributed by atoms with Crippen molar-refractivity contribution in [2.45, 2.75) is 19.1 Å². The number of nitrogens with one attached hydrogen (secondary N) is 1. The van der Waals surface area contributed by atoms with Crippen LogP contribution in [0.5, 0.6) is 0 Å². The van der Waals surface area contributed by atoms with Crippen LogP contribution in [0.2, 0.25) is 0 Å². The second kappa shape index (κ2) is 7.37. The highest BCUT2D eigenvalue weighted by Gasteiger charge is 2.20. The summed E-state index contributed by atoms with van der Waals surface area (Å²) >= 11 is 3.11. The van der Waals surface area contributed by atoms with Crippen LogP contribution in [0, 0.1) is 0 Å². The lowest BCUT2D eigenvalue weighted by Gasteiger charge is -2.22. The summed E-state index contributed by atoms with van der Waals surface area (Å²) in [6, 6.07) is 3.64. The SMILES string of the molecule is CO[C@H](C)[C@@H](CO)NC(=O)c1ccc(C(=O)O)c(Br)c1. The maximum Gasteiger partial charge on any atom is 0.336 e. The third-order valence-electron chi connectivity index (χ3n) is 2.91. The predicted octanol–water partition coefficient (Wildman–Crippen LogP) is 1.27. The van der Waals surface area contributed by atoms with E-state index >= 15 is 0 Å². The average molecular weight is 346 g/mol. The molecule has 7 heteroatoms. The van der Waals surface area contributed by atoms with Gasteiger partial charge in [-0.05, 0) is 41.1 Å². The molecule has 0 aliphatic heterocycles. The number of amides is 1. The average Bonchev–Trinajstić information content (AvgIpc) is 2.42. The van der Waals surface area contributed by atoms with E-state index in [9.17, 15) is 14.7 Å². The minimum Gasteiger partial charge on any atom is -0.478 e. The van der Waals surface area contributed by atoms with E-state index in [1.165, 1.54) is 25.3 Å². The van der Waals surface area contributed by atoms with E-state index in [0.29, 0.717) is 10.0 Å². The monoisotopic (exact) mass is 345 g/mol. The zero-order chi connectivity index (χ0) is 15.3. The van der Waals surface area contributed by atoms with Crippen LogP contribution < -0.4 is 5.32 Å². The standard InChI is InChI=1S/C13H16BrNO5/c1-7(20-2)11(6-16)15-12(17)8-3-4-9(13(18)19)10(14)5-8/h3-5,7,11,16H,6H2,1-2H3,(H,15,17)(H,18,19)/t7-,11-/m1/s1.